The van der Waals surface area contributed by atoms with Crippen molar-refractivity contribution >= 4 is 17.9 Å². The normalized spacial score (nSPS) is 12.5. The third-order valence-electron chi connectivity index (χ3n) is 11.7. The molecule has 0 amide bonds. The molecule has 0 bridgehead atoms. The van der Waals surface area contributed by atoms with Gasteiger partial charge in [-0.15, -0.1) is 0 Å². The van der Waals surface area contributed by atoms with Crippen molar-refractivity contribution in [2.24, 2.45) is 0 Å². The summed E-state index contributed by atoms with van der Waals surface area (Å²) < 4.78 is 16.8. The lowest BCUT2D eigenvalue weighted by Gasteiger charge is -2.18. The molecule has 6 heteroatoms. The van der Waals surface area contributed by atoms with Crippen LogP contribution < -0.4 is 0 Å². The third kappa shape index (κ3) is 50.1. The van der Waals surface area contributed by atoms with E-state index >= 15 is 0 Å². The van der Waals surface area contributed by atoms with Crippen molar-refractivity contribution in [1.29, 1.82) is 0 Å². The molecule has 0 aromatic rings. The van der Waals surface area contributed by atoms with E-state index in [0.29, 0.717) is 19.3 Å². The van der Waals surface area contributed by atoms with Crippen molar-refractivity contribution < 1.29 is 28.6 Å². The maximum atomic E-state index is 12.8. The van der Waals surface area contributed by atoms with Gasteiger partial charge >= 0.3 is 17.9 Å². The van der Waals surface area contributed by atoms with Crippen molar-refractivity contribution in [2.45, 2.75) is 277 Å². The van der Waals surface area contributed by atoms with Gasteiger partial charge in [0.15, 0.2) is 6.10 Å². The molecule has 0 radical (unpaired) electrons. The van der Waals surface area contributed by atoms with Crippen LogP contribution in [0, 0.1) is 0 Å². The summed E-state index contributed by atoms with van der Waals surface area (Å²) in [5.41, 5.74) is 0. The predicted molar refractivity (Wildman–Crippen MR) is 275 cm³/mol. The number of hydrogen-bond acceptors (Lipinski definition) is 6. The average molecular weight is 895 g/mol. The summed E-state index contributed by atoms with van der Waals surface area (Å²) in [6, 6.07) is 0. The SMILES string of the molecule is CCCCC/C=C\C/C=C\C/C=C\CCCCCCC(=O)O[C@H](COC(=O)CCCCCCCCC/C=C\C/C=C\CCCCC)COC(=O)CCCCCCCCCCCCCC. The summed E-state index contributed by atoms with van der Waals surface area (Å²) in [5.74, 6) is -0.907. The van der Waals surface area contributed by atoms with Gasteiger partial charge in [-0.3, -0.25) is 14.4 Å². The molecule has 0 aliphatic rings. The first kappa shape index (κ1) is 61.1. The number of hydrogen-bond donors (Lipinski definition) is 0. The van der Waals surface area contributed by atoms with Crippen LogP contribution >= 0.6 is 0 Å². The highest BCUT2D eigenvalue weighted by molar-refractivity contribution is 5.71. The molecule has 0 N–H and O–H groups in total. The van der Waals surface area contributed by atoms with E-state index in [1.54, 1.807) is 0 Å². The Morgan fingerprint density at radius 1 is 0.312 bits per heavy atom. The minimum absolute atomic E-state index is 0.0840. The lowest BCUT2D eigenvalue weighted by Crippen LogP contribution is -2.30. The second kappa shape index (κ2) is 52.7. The van der Waals surface area contributed by atoms with Gasteiger partial charge < -0.3 is 14.2 Å². The van der Waals surface area contributed by atoms with Crippen molar-refractivity contribution in [3.05, 3.63) is 60.8 Å². The summed E-state index contributed by atoms with van der Waals surface area (Å²) >= 11 is 0. The van der Waals surface area contributed by atoms with E-state index < -0.39 is 6.10 Å². The number of rotatable bonds is 49. The number of carbonyl (C=O) groups excluding carboxylic acids is 3. The van der Waals surface area contributed by atoms with Crippen LogP contribution in [0.1, 0.15) is 271 Å². The van der Waals surface area contributed by atoms with Crippen LogP contribution in [0.15, 0.2) is 60.8 Å². The van der Waals surface area contributed by atoms with Gasteiger partial charge in [-0.2, -0.15) is 0 Å². The summed E-state index contributed by atoms with van der Waals surface area (Å²) in [6.45, 7) is 6.57. The van der Waals surface area contributed by atoms with Crippen LogP contribution in [0.2, 0.25) is 0 Å². The Morgan fingerprint density at radius 3 is 0.906 bits per heavy atom. The Hall–Kier alpha value is -2.89. The Morgan fingerprint density at radius 2 is 0.562 bits per heavy atom. The second-order valence-electron chi connectivity index (χ2n) is 18.1. The number of unbranched alkanes of at least 4 members (excludes halogenated alkanes) is 28. The van der Waals surface area contributed by atoms with Crippen molar-refractivity contribution in [2.75, 3.05) is 13.2 Å². The molecule has 0 heterocycles. The van der Waals surface area contributed by atoms with Gasteiger partial charge in [-0.25, -0.2) is 0 Å². The van der Waals surface area contributed by atoms with E-state index in [1.807, 2.05) is 0 Å². The highest BCUT2D eigenvalue weighted by Gasteiger charge is 2.19. The number of ether oxygens (including phenoxy) is 3. The zero-order valence-electron chi connectivity index (χ0n) is 42.3. The molecule has 0 saturated carbocycles. The first-order valence-corrected chi connectivity index (χ1v) is 27.3. The molecular formula is C58H102O6. The van der Waals surface area contributed by atoms with Gasteiger partial charge in [0.25, 0.3) is 0 Å². The van der Waals surface area contributed by atoms with E-state index in [9.17, 15) is 14.4 Å². The van der Waals surface area contributed by atoms with Gasteiger partial charge in [0, 0.05) is 19.3 Å². The largest absolute Gasteiger partial charge is 0.462 e. The topological polar surface area (TPSA) is 78.9 Å². The molecule has 6 nitrogen and oxygen atoms in total. The van der Waals surface area contributed by atoms with Gasteiger partial charge in [0.2, 0.25) is 0 Å². The maximum absolute atomic E-state index is 12.8. The Bertz CT molecular complexity index is 1170. The van der Waals surface area contributed by atoms with E-state index in [0.717, 1.165) is 96.3 Å². The van der Waals surface area contributed by atoms with Crippen LogP contribution in [0.3, 0.4) is 0 Å². The summed E-state index contributed by atoms with van der Waals surface area (Å²) in [6.07, 6.45) is 64.8. The molecule has 1 atom stereocenters. The molecule has 0 unspecified atom stereocenters. The maximum Gasteiger partial charge on any atom is 0.306 e. The quantitative estimate of drug-likeness (QED) is 0.0262. The smallest absolute Gasteiger partial charge is 0.306 e. The van der Waals surface area contributed by atoms with Crippen molar-refractivity contribution in [3.63, 3.8) is 0 Å². The summed E-state index contributed by atoms with van der Waals surface area (Å²) in [4.78, 5) is 38.0. The van der Waals surface area contributed by atoms with Crippen molar-refractivity contribution in [3.8, 4) is 0 Å². The van der Waals surface area contributed by atoms with Crippen LogP contribution in [0.5, 0.6) is 0 Å². The minimum Gasteiger partial charge on any atom is -0.462 e. The molecule has 0 fully saturated rings. The molecule has 0 rings (SSSR count). The molecule has 0 aromatic heterocycles. The average Bonchev–Trinajstić information content (AvgIpc) is 3.29. The molecule has 0 aromatic carbocycles. The van der Waals surface area contributed by atoms with E-state index in [2.05, 4.69) is 81.5 Å². The van der Waals surface area contributed by atoms with Crippen LogP contribution in [-0.2, 0) is 28.6 Å². The van der Waals surface area contributed by atoms with Crippen LogP contribution in [-0.4, -0.2) is 37.2 Å². The van der Waals surface area contributed by atoms with Gasteiger partial charge in [-0.1, -0.05) is 223 Å². The standard InChI is InChI=1S/C58H102O6/c1-4-7-10-13-16-19-22-25-27-29-31-33-36-39-42-45-48-51-57(60)63-54-55(53-62-56(59)50-47-44-41-38-35-24-21-18-15-12-9-6-3)64-58(61)52-49-46-43-40-37-34-32-30-28-26-23-20-17-14-11-8-5-2/h16-17,19-20,25-28,32,34,55H,4-15,18,21-24,29-31,33,35-54H2,1-3H3/b19-16-,20-17-,27-25-,28-26-,34-32-/t55-/m0/s1. The minimum atomic E-state index is -0.787. The second-order valence-corrected chi connectivity index (χ2v) is 18.1. The molecule has 0 spiro atoms. The fraction of sp³-hybridized carbons (Fsp3) is 0.776. The zero-order valence-corrected chi connectivity index (χ0v) is 42.3. The lowest BCUT2D eigenvalue weighted by molar-refractivity contribution is -0.167. The van der Waals surface area contributed by atoms with Crippen LogP contribution in [0.25, 0.3) is 0 Å². The lowest BCUT2D eigenvalue weighted by atomic mass is 10.0. The van der Waals surface area contributed by atoms with E-state index in [1.165, 1.54) is 135 Å². The van der Waals surface area contributed by atoms with Crippen LogP contribution in [0.4, 0.5) is 0 Å². The zero-order chi connectivity index (χ0) is 46.5. The Labute approximate surface area is 396 Å². The first-order chi connectivity index (χ1) is 31.5. The highest BCUT2D eigenvalue weighted by atomic mass is 16.6. The van der Waals surface area contributed by atoms with E-state index in [4.69, 9.17) is 14.2 Å². The molecular weight excluding hydrogens is 793 g/mol. The highest BCUT2D eigenvalue weighted by Crippen LogP contribution is 2.15. The Kier molecular flexibility index (Phi) is 50.4. The third-order valence-corrected chi connectivity index (χ3v) is 11.7. The fourth-order valence-electron chi connectivity index (χ4n) is 7.60. The van der Waals surface area contributed by atoms with Gasteiger partial charge in [-0.05, 0) is 89.9 Å². The van der Waals surface area contributed by atoms with Gasteiger partial charge in [0.1, 0.15) is 13.2 Å². The molecule has 0 saturated heterocycles. The van der Waals surface area contributed by atoms with E-state index in [-0.39, 0.29) is 31.1 Å². The molecule has 370 valence electrons. The van der Waals surface area contributed by atoms with Crippen molar-refractivity contribution in [1.82, 2.24) is 0 Å². The number of carbonyl (C=O) groups is 3. The molecule has 0 aliphatic carbocycles. The summed E-state index contributed by atoms with van der Waals surface area (Å²) in [7, 11) is 0. The monoisotopic (exact) mass is 895 g/mol. The first-order valence-electron chi connectivity index (χ1n) is 27.3. The predicted octanol–water partition coefficient (Wildman–Crippen LogP) is 18.0. The Balaban J connectivity index is 4.41. The molecule has 0 aliphatic heterocycles. The fourth-order valence-corrected chi connectivity index (χ4v) is 7.60. The van der Waals surface area contributed by atoms with Gasteiger partial charge in [0.05, 0.1) is 0 Å². The number of esters is 3. The summed E-state index contributed by atoms with van der Waals surface area (Å²) in [5, 5.41) is 0. The molecule has 64 heavy (non-hydrogen) atoms. The number of allylic oxidation sites excluding steroid dienone is 10.